The second kappa shape index (κ2) is 17.6. The summed E-state index contributed by atoms with van der Waals surface area (Å²) in [4.78, 5) is 4.80. The summed E-state index contributed by atoms with van der Waals surface area (Å²) in [5.41, 5.74) is 17.2. The van der Waals surface area contributed by atoms with Crippen molar-refractivity contribution in [3.8, 4) is 22.3 Å². The first-order chi connectivity index (χ1) is 33.8. The molecule has 0 fully saturated rings. The van der Waals surface area contributed by atoms with Gasteiger partial charge in [0.15, 0.2) is 0 Å². The molecule has 70 heavy (non-hydrogen) atoms. The quantitative estimate of drug-likeness (QED) is 0.144. The third-order valence-electron chi connectivity index (χ3n) is 14.1. The molecule has 0 radical (unpaired) electrons. The van der Waals surface area contributed by atoms with Crippen LogP contribution >= 0.6 is 0 Å². The highest BCUT2D eigenvalue weighted by atomic mass is 16.3. The molecule has 11 aromatic rings. The second-order valence-electron chi connectivity index (χ2n) is 21.3. The normalized spacial score (nSPS) is 12.1. The molecule has 0 spiro atoms. The third kappa shape index (κ3) is 8.40. The highest BCUT2D eigenvalue weighted by Crippen LogP contribution is 2.46. The predicted molar refractivity (Wildman–Crippen MR) is 300 cm³/mol. The molecule has 1 aromatic heterocycles. The van der Waals surface area contributed by atoms with Crippen LogP contribution < -0.4 is 9.80 Å². The summed E-state index contributed by atoms with van der Waals surface area (Å²) in [6.45, 7) is 18.1. The van der Waals surface area contributed by atoms with Gasteiger partial charge in [-0.1, -0.05) is 183 Å². The Kier molecular flexibility index (Phi) is 11.2. The number of rotatable bonds is 9. The fraction of sp³-hybridized carbons (Fsp3) is 0.164. The van der Waals surface area contributed by atoms with Gasteiger partial charge in [-0.3, -0.25) is 0 Å². The minimum atomic E-state index is 0.0484. The first-order valence-electron chi connectivity index (χ1n) is 24.8. The van der Waals surface area contributed by atoms with Crippen LogP contribution in [0.2, 0.25) is 0 Å². The maximum atomic E-state index is 6.85. The van der Waals surface area contributed by atoms with E-state index in [1.807, 2.05) is 0 Å². The van der Waals surface area contributed by atoms with Crippen LogP contribution in [0, 0.1) is 0 Å². The fourth-order valence-corrected chi connectivity index (χ4v) is 10.1. The van der Waals surface area contributed by atoms with Gasteiger partial charge in [0, 0.05) is 44.6 Å². The van der Waals surface area contributed by atoms with Crippen molar-refractivity contribution in [3.63, 3.8) is 0 Å². The van der Waals surface area contributed by atoms with E-state index in [2.05, 4.69) is 278 Å². The van der Waals surface area contributed by atoms with Crippen molar-refractivity contribution in [2.45, 2.75) is 72.1 Å². The van der Waals surface area contributed by atoms with Gasteiger partial charge in [0.2, 0.25) is 0 Å². The molecule has 10 aromatic carbocycles. The summed E-state index contributed by atoms with van der Waals surface area (Å²) in [5, 5.41) is 6.81. The number of nitrogens with zero attached hydrogens (tertiary/aromatic N) is 2. The van der Waals surface area contributed by atoms with E-state index >= 15 is 0 Å². The molecule has 0 unspecified atom stereocenters. The number of para-hydroxylation sites is 2. The lowest BCUT2D eigenvalue weighted by Gasteiger charge is -2.29. The van der Waals surface area contributed by atoms with E-state index in [0.29, 0.717) is 5.92 Å². The molecule has 0 N–H and O–H groups in total. The average molecular weight is 909 g/mol. The van der Waals surface area contributed by atoms with Gasteiger partial charge >= 0.3 is 0 Å². The Bertz CT molecular complexity index is 3680. The van der Waals surface area contributed by atoms with E-state index in [0.717, 1.165) is 66.8 Å². The lowest BCUT2D eigenvalue weighted by atomic mass is 9.86. The lowest BCUT2D eigenvalue weighted by Crippen LogP contribution is -2.13. The van der Waals surface area contributed by atoms with Gasteiger partial charge < -0.3 is 14.2 Å². The van der Waals surface area contributed by atoms with Crippen LogP contribution in [0.1, 0.15) is 78.0 Å². The van der Waals surface area contributed by atoms with Crippen molar-refractivity contribution in [2.75, 3.05) is 9.80 Å². The molecular weight excluding hydrogens is 849 g/mol. The zero-order chi connectivity index (χ0) is 48.3. The Morgan fingerprint density at radius 3 is 1.21 bits per heavy atom. The van der Waals surface area contributed by atoms with Gasteiger partial charge in [-0.05, 0) is 151 Å². The van der Waals surface area contributed by atoms with E-state index in [1.54, 1.807) is 0 Å². The summed E-state index contributed by atoms with van der Waals surface area (Å²) >= 11 is 0. The standard InChI is InChI=1S/C67H60N2O/c1-44(2)45-24-32-54(33-25-45)68(63-21-15-13-19-59(63)47-22-28-52(29-23-47)66(3,4)5)56-34-26-48-40-60-61-41-49-27-35-57(39-51(49)43-65(61)70-64(60)42-50(48)38-56)69(55-36-30-53(31-37-55)67(6,7)8)62-20-14-12-18-58(62)46-16-10-9-11-17-46/h9-44H,1-8H3. The smallest absolute Gasteiger partial charge is 0.136 e. The monoisotopic (exact) mass is 908 g/mol. The van der Waals surface area contributed by atoms with Crippen LogP contribution in [0.15, 0.2) is 217 Å². The van der Waals surface area contributed by atoms with Crippen molar-refractivity contribution in [1.82, 2.24) is 0 Å². The van der Waals surface area contributed by atoms with Gasteiger partial charge in [0.25, 0.3) is 0 Å². The fourth-order valence-electron chi connectivity index (χ4n) is 10.1. The summed E-state index contributed by atoms with van der Waals surface area (Å²) in [6.07, 6.45) is 0. The number of hydrogen-bond acceptors (Lipinski definition) is 3. The van der Waals surface area contributed by atoms with Gasteiger partial charge in [0.1, 0.15) is 11.2 Å². The molecule has 0 aliphatic rings. The largest absolute Gasteiger partial charge is 0.456 e. The Labute approximate surface area is 413 Å². The summed E-state index contributed by atoms with van der Waals surface area (Å²) < 4.78 is 6.85. The minimum Gasteiger partial charge on any atom is -0.456 e. The van der Waals surface area contributed by atoms with Crippen molar-refractivity contribution in [1.29, 1.82) is 0 Å². The molecule has 0 bridgehead atoms. The molecule has 0 saturated carbocycles. The highest BCUT2D eigenvalue weighted by molar-refractivity contribution is 6.14. The Morgan fingerprint density at radius 1 is 0.357 bits per heavy atom. The molecular formula is C67H60N2O. The molecule has 3 heteroatoms. The molecule has 0 aliphatic heterocycles. The zero-order valence-corrected chi connectivity index (χ0v) is 41.6. The van der Waals surface area contributed by atoms with Crippen molar-refractivity contribution in [2.24, 2.45) is 0 Å². The first kappa shape index (κ1) is 44.6. The van der Waals surface area contributed by atoms with E-state index < -0.39 is 0 Å². The molecule has 0 amide bonds. The number of anilines is 6. The zero-order valence-electron chi connectivity index (χ0n) is 41.6. The highest BCUT2D eigenvalue weighted by Gasteiger charge is 2.22. The average Bonchev–Trinajstić information content (AvgIpc) is 3.71. The van der Waals surface area contributed by atoms with Crippen LogP contribution in [-0.4, -0.2) is 0 Å². The second-order valence-corrected chi connectivity index (χ2v) is 21.3. The maximum Gasteiger partial charge on any atom is 0.136 e. The number of benzene rings is 10. The minimum absolute atomic E-state index is 0.0484. The molecule has 11 rings (SSSR count). The lowest BCUT2D eigenvalue weighted by molar-refractivity contribution is 0.590. The van der Waals surface area contributed by atoms with Gasteiger partial charge in [-0.15, -0.1) is 0 Å². The number of fused-ring (bicyclic) bond motifs is 5. The van der Waals surface area contributed by atoms with E-state index in [4.69, 9.17) is 4.42 Å². The molecule has 0 atom stereocenters. The van der Waals surface area contributed by atoms with Crippen molar-refractivity contribution in [3.05, 3.63) is 229 Å². The maximum absolute atomic E-state index is 6.85. The Hall–Kier alpha value is -7.88. The predicted octanol–water partition coefficient (Wildman–Crippen LogP) is 19.9. The van der Waals surface area contributed by atoms with Crippen molar-refractivity contribution < 1.29 is 4.42 Å². The molecule has 1 heterocycles. The molecule has 0 saturated heterocycles. The number of furan rings is 1. The van der Waals surface area contributed by atoms with Gasteiger partial charge in [-0.25, -0.2) is 0 Å². The Balaban J connectivity index is 1.02. The van der Waals surface area contributed by atoms with E-state index in [1.165, 1.54) is 49.7 Å². The van der Waals surface area contributed by atoms with Crippen LogP contribution in [0.5, 0.6) is 0 Å². The van der Waals surface area contributed by atoms with Crippen molar-refractivity contribution >= 4 is 77.6 Å². The Morgan fingerprint density at radius 2 is 0.757 bits per heavy atom. The summed E-state index contributed by atoms with van der Waals surface area (Å²) in [6, 6.07) is 78.1. The van der Waals surface area contributed by atoms with Gasteiger partial charge in [0.05, 0.1) is 11.4 Å². The van der Waals surface area contributed by atoms with E-state index in [-0.39, 0.29) is 10.8 Å². The topological polar surface area (TPSA) is 19.6 Å². The molecule has 3 nitrogen and oxygen atoms in total. The third-order valence-corrected chi connectivity index (χ3v) is 14.1. The van der Waals surface area contributed by atoms with Gasteiger partial charge in [-0.2, -0.15) is 0 Å². The summed E-state index contributed by atoms with van der Waals surface area (Å²) in [7, 11) is 0. The molecule has 344 valence electrons. The van der Waals surface area contributed by atoms with Crippen LogP contribution in [-0.2, 0) is 10.8 Å². The number of hydrogen-bond donors (Lipinski definition) is 0. The molecule has 0 aliphatic carbocycles. The van der Waals surface area contributed by atoms with E-state index in [9.17, 15) is 0 Å². The van der Waals surface area contributed by atoms with Crippen LogP contribution in [0.4, 0.5) is 34.1 Å². The summed E-state index contributed by atoms with van der Waals surface area (Å²) in [5.74, 6) is 0.441. The van der Waals surface area contributed by atoms with Crippen LogP contribution in [0.3, 0.4) is 0 Å². The first-order valence-corrected chi connectivity index (χ1v) is 24.8. The van der Waals surface area contributed by atoms with Crippen LogP contribution in [0.25, 0.3) is 65.7 Å². The SMILES string of the molecule is CC(C)c1ccc(N(c2ccc3cc4c(cc3c2)oc2cc3cc(N(c5ccc(C(C)(C)C)cc5)c5ccccc5-c5ccccc5)ccc3cc24)c2ccccc2-c2ccc(C(C)(C)C)cc2)cc1.